The van der Waals surface area contributed by atoms with Gasteiger partial charge < -0.3 is 14.8 Å². The number of hydrogen-bond acceptors (Lipinski definition) is 3. The summed E-state index contributed by atoms with van der Waals surface area (Å²) in [6.45, 7) is 2.31. The summed E-state index contributed by atoms with van der Waals surface area (Å²) >= 11 is 0. The summed E-state index contributed by atoms with van der Waals surface area (Å²) in [5.41, 5.74) is 0.579. The van der Waals surface area contributed by atoms with Crippen molar-refractivity contribution < 1.29 is 14.3 Å². The maximum Gasteiger partial charge on any atom is 0.254 e. The van der Waals surface area contributed by atoms with Gasteiger partial charge in [-0.3, -0.25) is 4.79 Å². The second-order valence-corrected chi connectivity index (χ2v) is 4.71. The van der Waals surface area contributed by atoms with Crippen molar-refractivity contribution in [3.05, 3.63) is 23.7 Å². The average Bonchev–Trinajstić information content (AvgIpc) is 2.74. The van der Waals surface area contributed by atoms with Crippen molar-refractivity contribution in [2.75, 3.05) is 6.54 Å². The van der Waals surface area contributed by atoms with E-state index in [2.05, 4.69) is 5.32 Å². The molecule has 1 saturated carbocycles. The fourth-order valence-electron chi connectivity index (χ4n) is 2.37. The van der Waals surface area contributed by atoms with Gasteiger partial charge in [0, 0.05) is 12.5 Å². The first kappa shape index (κ1) is 12.2. The third-order valence-electron chi connectivity index (χ3n) is 3.50. The number of aryl methyl sites for hydroxylation is 1. The normalized spacial score (nSPS) is 24.6. The lowest BCUT2D eigenvalue weighted by Crippen LogP contribution is -2.36. The van der Waals surface area contributed by atoms with Crippen LogP contribution in [0.1, 0.15) is 41.8 Å². The summed E-state index contributed by atoms with van der Waals surface area (Å²) in [5.74, 6) is 0.709. The SMILES string of the molecule is Cc1occc1C(=O)NCC1CCCCC1O. The molecule has 1 aliphatic rings. The molecule has 0 bridgehead atoms. The highest BCUT2D eigenvalue weighted by molar-refractivity contribution is 5.95. The van der Waals surface area contributed by atoms with Crippen molar-refractivity contribution in [1.82, 2.24) is 5.32 Å². The van der Waals surface area contributed by atoms with E-state index in [1.807, 2.05) is 0 Å². The lowest BCUT2D eigenvalue weighted by atomic mass is 9.86. The van der Waals surface area contributed by atoms with E-state index >= 15 is 0 Å². The Kier molecular flexibility index (Phi) is 3.84. The molecule has 0 aliphatic heterocycles. The maximum atomic E-state index is 11.8. The van der Waals surface area contributed by atoms with Gasteiger partial charge in [-0.1, -0.05) is 12.8 Å². The molecule has 1 fully saturated rings. The Hall–Kier alpha value is -1.29. The summed E-state index contributed by atoms with van der Waals surface area (Å²) in [6.07, 6.45) is 5.32. The summed E-state index contributed by atoms with van der Waals surface area (Å²) in [7, 11) is 0. The molecule has 1 aromatic heterocycles. The van der Waals surface area contributed by atoms with Crippen LogP contribution < -0.4 is 5.32 Å². The largest absolute Gasteiger partial charge is 0.469 e. The molecule has 0 aromatic carbocycles. The van der Waals surface area contributed by atoms with Gasteiger partial charge in [0.2, 0.25) is 0 Å². The van der Waals surface area contributed by atoms with E-state index in [4.69, 9.17) is 4.42 Å². The predicted octanol–water partition coefficient (Wildman–Crippen LogP) is 1.87. The molecule has 17 heavy (non-hydrogen) atoms. The first-order valence-electron chi connectivity index (χ1n) is 6.19. The van der Waals surface area contributed by atoms with Crippen LogP contribution in [0.4, 0.5) is 0 Å². The fraction of sp³-hybridized carbons (Fsp3) is 0.615. The molecule has 4 nitrogen and oxygen atoms in total. The first-order valence-corrected chi connectivity index (χ1v) is 6.19. The fourth-order valence-corrected chi connectivity index (χ4v) is 2.37. The van der Waals surface area contributed by atoms with Gasteiger partial charge in [-0.15, -0.1) is 0 Å². The molecule has 1 heterocycles. The second-order valence-electron chi connectivity index (χ2n) is 4.71. The van der Waals surface area contributed by atoms with Crippen LogP contribution in [-0.2, 0) is 0 Å². The standard InChI is InChI=1S/C13H19NO3/c1-9-11(6-7-17-9)13(16)14-8-10-4-2-3-5-12(10)15/h6-7,10,12,15H,2-5,8H2,1H3,(H,14,16). The van der Waals surface area contributed by atoms with E-state index in [0.717, 1.165) is 25.7 Å². The molecule has 94 valence electrons. The van der Waals surface area contributed by atoms with Crippen LogP contribution in [0, 0.1) is 12.8 Å². The van der Waals surface area contributed by atoms with Crippen molar-refractivity contribution in [1.29, 1.82) is 0 Å². The smallest absolute Gasteiger partial charge is 0.254 e. The van der Waals surface area contributed by atoms with Crippen molar-refractivity contribution >= 4 is 5.91 Å². The van der Waals surface area contributed by atoms with Gasteiger partial charge in [-0.05, 0) is 25.8 Å². The number of furan rings is 1. The number of carbonyl (C=O) groups is 1. The molecule has 2 rings (SSSR count). The van der Waals surface area contributed by atoms with Gasteiger partial charge in [-0.25, -0.2) is 0 Å². The number of aliphatic hydroxyl groups excluding tert-OH is 1. The zero-order chi connectivity index (χ0) is 12.3. The van der Waals surface area contributed by atoms with Crippen molar-refractivity contribution in [2.24, 2.45) is 5.92 Å². The molecular formula is C13H19NO3. The summed E-state index contributed by atoms with van der Waals surface area (Å²) in [4.78, 5) is 11.8. The molecule has 0 radical (unpaired) electrons. The first-order chi connectivity index (χ1) is 8.18. The van der Waals surface area contributed by atoms with Crippen LogP contribution in [0.3, 0.4) is 0 Å². The van der Waals surface area contributed by atoms with Gasteiger partial charge >= 0.3 is 0 Å². The Balaban J connectivity index is 1.86. The Morgan fingerprint density at radius 3 is 2.94 bits per heavy atom. The third-order valence-corrected chi connectivity index (χ3v) is 3.50. The highest BCUT2D eigenvalue weighted by atomic mass is 16.3. The van der Waals surface area contributed by atoms with E-state index < -0.39 is 0 Å². The minimum absolute atomic E-state index is 0.117. The van der Waals surface area contributed by atoms with E-state index in [9.17, 15) is 9.90 Å². The quantitative estimate of drug-likeness (QED) is 0.843. The van der Waals surface area contributed by atoms with Gasteiger partial charge in [0.15, 0.2) is 0 Å². The van der Waals surface area contributed by atoms with Gasteiger partial charge in [0.25, 0.3) is 5.91 Å². The molecule has 4 heteroatoms. The zero-order valence-corrected chi connectivity index (χ0v) is 10.1. The minimum atomic E-state index is -0.269. The Morgan fingerprint density at radius 1 is 1.53 bits per heavy atom. The highest BCUT2D eigenvalue weighted by Gasteiger charge is 2.23. The lowest BCUT2D eigenvalue weighted by Gasteiger charge is -2.27. The minimum Gasteiger partial charge on any atom is -0.469 e. The second kappa shape index (κ2) is 5.36. The van der Waals surface area contributed by atoms with Crippen LogP contribution in [-0.4, -0.2) is 23.7 Å². The van der Waals surface area contributed by atoms with E-state index in [-0.39, 0.29) is 17.9 Å². The summed E-state index contributed by atoms with van der Waals surface area (Å²) < 4.78 is 5.09. The number of amides is 1. The van der Waals surface area contributed by atoms with Crippen molar-refractivity contribution in [2.45, 2.75) is 38.7 Å². The highest BCUT2D eigenvalue weighted by Crippen LogP contribution is 2.23. The Labute approximate surface area is 101 Å². The van der Waals surface area contributed by atoms with Crippen LogP contribution in [0.2, 0.25) is 0 Å². The number of nitrogens with one attached hydrogen (secondary N) is 1. The zero-order valence-electron chi connectivity index (χ0n) is 10.1. The molecule has 0 spiro atoms. The molecule has 0 saturated heterocycles. The average molecular weight is 237 g/mol. The number of aliphatic hydroxyl groups is 1. The van der Waals surface area contributed by atoms with Gasteiger partial charge in [0.05, 0.1) is 17.9 Å². The maximum absolute atomic E-state index is 11.8. The number of carbonyl (C=O) groups excluding carboxylic acids is 1. The van der Waals surface area contributed by atoms with Gasteiger partial charge in [0.1, 0.15) is 5.76 Å². The van der Waals surface area contributed by atoms with E-state index in [0.29, 0.717) is 17.9 Å². The predicted molar refractivity (Wildman–Crippen MR) is 63.7 cm³/mol. The molecule has 1 aliphatic carbocycles. The topological polar surface area (TPSA) is 62.5 Å². The molecule has 1 aromatic rings. The molecule has 2 N–H and O–H groups in total. The Bertz CT molecular complexity index is 386. The Morgan fingerprint density at radius 2 is 2.29 bits per heavy atom. The lowest BCUT2D eigenvalue weighted by molar-refractivity contribution is 0.0662. The monoisotopic (exact) mass is 237 g/mol. The van der Waals surface area contributed by atoms with Crippen molar-refractivity contribution in [3.63, 3.8) is 0 Å². The molecule has 2 unspecified atom stereocenters. The number of hydrogen-bond donors (Lipinski definition) is 2. The van der Waals surface area contributed by atoms with Crippen LogP contribution in [0.15, 0.2) is 16.7 Å². The molecular weight excluding hydrogens is 218 g/mol. The third kappa shape index (κ3) is 2.88. The van der Waals surface area contributed by atoms with E-state index in [1.165, 1.54) is 6.26 Å². The summed E-state index contributed by atoms with van der Waals surface area (Å²) in [5, 5.41) is 12.7. The molecule has 1 amide bonds. The number of rotatable bonds is 3. The van der Waals surface area contributed by atoms with Gasteiger partial charge in [-0.2, -0.15) is 0 Å². The van der Waals surface area contributed by atoms with E-state index in [1.54, 1.807) is 13.0 Å². The summed E-state index contributed by atoms with van der Waals surface area (Å²) in [6, 6.07) is 1.67. The van der Waals surface area contributed by atoms with Crippen LogP contribution in [0.25, 0.3) is 0 Å². The van der Waals surface area contributed by atoms with Crippen molar-refractivity contribution in [3.8, 4) is 0 Å². The molecule has 2 atom stereocenters. The van der Waals surface area contributed by atoms with Crippen LogP contribution in [0.5, 0.6) is 0 Å². The van der Waals surface area contributed by atoms with Crippen LogP contribution >= 0.6 is 0 Å².